The molecule has 0 heteroatoms. The first-order valence-corrected chi connectivity index (χ1v) is 4.64. The molecule has 0 aromatic carbocycles. The van der Waals surface area contributed by atoms with Crippen molar-refractivity contribution in [2.75, 3.05) is 0 Å². The molecule has 0 N–H and O–H groups in total. The van der Waals surface area contributed by atoms with E-state index < -0.39 is 0 Å². The Bertz CT molecular complexity index is 186. The molecule has 2 atom stereocenters. The monoisotopic (exact) mass is 136 g/mol. The first kappa shape index (κ1) is 5.62. The van der Waals surface area contributed by atoms with E-state index in [-0.39, 0.29) is 0 Å². The second-order valence-electron chi connectivity index (χ2n) is 5.39. The fraction of sp³-hybridized carbons (Fsp3) is 1.00. The van der Waals surface area contributed by atoms with Crippen molar-refractivity contribution < 1.29 is 0 Å². The summed E-state index contributed by atoms with van der Waals surface area (Å²) in [5.41, 5.74) is 1.60. The average Bonchev–Trinajstić information content (AvgIpc) is 2.39. The quantitative estimate of drug-likeness (QED) is 0.480. The Morgan fingerprint density at radius 2 is 1.80 bits per heavy atom. The minimum absolute atomic E-state index is 0.792. The molecule has 4 saturated carbocycles. The van der Waals surface area contributed by atoms with Gasteiger partial charge in [-0.1, -0.05) is 13.8 Å². The van der Waals surface area contributed by atoms with E-state index in [9.17, 15) is 0 Å². The topological polar surface area (TPSA) is 0 Å². The van der Waals surface area contributed by atoms with Gasteiger partial charge in [0.15, 0.2) is 0 Å². The second kappa shape index (κ2) is 1.19. The lowest BCUT2D eigenvalue weighted by Crippen LogP contribution is -2.46. The summed E-state index contributed by atoms with van der Waals surface area (Å²) in [7, 11) is 0. The molecule has 0 aliphatic heterocycles. The van der Waals surface area contributed by atoms with Crippen molar-refractivity contribution in [3.63, 3.8) is 0 Å². The van der Waals surface area contributed by atoms with Crippen LogP contribution in [0.2, 0.25) is 0 Å². The summed E-state index contributed by atoms with van der Waals surface area (Å²) in [6, 6.07) is 0. The first-order chi connectivity index (χ1) is 4.64. The lowest BCUT2D eigenvalue weighted by Gasteiger charge is -2.55. The van der Waals surface area contributed by atoms with Gasteiger partial charge in [-0.2, -0.15) is 0 Å². The van der Waals surface area contributed by atoms with Gasteiger partial charge in [-0.15, -0.1) is 0 Å². The summed E-state index contributed by atoms with van der Waals surface area (Å²) in [6.45, 7) is 5.04. The van der Waals surface area contributed by atoms with Crippen LogP contribution >= 0.6 is 0 Å². The predicted molar refractivity (Wildman–Crippen MR) is 41.7 cm³/mol. The molecule has 2 bridgehead atoms. The molecule has 4 fully saturated rings. The van der Waals surface area contributed by atoms with Crippen LogP contribution in [0.15, 0.2) is 0 Å². The molecule has 56 valence electrons. The van der Waals surface area contributed by atoms with Crippen LogP contribution in [0.3, 0.4) is 0 Å². The van der Waals surface area contributed by atoms with E-state index in [0.717, 1.165) is 22.7 Å². The number of hydrogen-bond acceptors (Lipinski definition) is 0. The maximum absolute atomic E-state index is 2.52. The van der Waals surface area contributed by atoms with Crippen LogP contribution in [-0.2, 0) is 0 Å². The van der Waals surface area contributed by atoms with Gasteiger partial charge in [0, 0.05) is 0 Å². The lowest BCUT2D eigenvalue weighted by atomic mass is 9.50. The standard InChI is InChI=1S/C10H16/c1-9-4-7(5-9)3-8-6-10(8,9)2/h7-8H,3-6H2,1-2H3. The Balaban J connectivity index is 2.01. The Hall–Kier alpha value is 0. The van der Waals surface area contributed by atoms with Gasteiger partial charge in [-0.3, -0.25) is 0 Å². The van der Waals surface area contributed by atoms with Crippen molar-refractivity contribution in [1.29, 1.82) is 0 Å². The zero-order chi connectivity index (χ0) is 6.98. The van der Waals surface area contributed by atoms with Gasteiger partial charge in [-0.25, -0.2) is 0 Å². The highest BCUT2D eigenvalue weighted by molar-refractivity contribution is 5.18. The highest BCUT2D eigenvalue weighted by atomic mass is 14.7. The van der Waals surface area contributed by atoms with E-state index in [1.807, 2.05) is 0 Å². The van der Waals surface area contributed by atoms with Crippen molar-refractivity contribution in [3.05, 3.63) is 0 Å². The molecule has 0 aromatic rings. The van der Waals surface area contributed by atoms with Gasteiger partial charge in [0.05, 0.1) is 0 Å². The van der Waals surface area contributed by atoms with E-state index in [0.29, 0.717) is 0 Å². The summed E-state index contributed by atoms with van der Waals surface area (Å²) in [5, 5.41) is 0. The molecule has 0 spiro atoms. The molecular formula is C10H16. The predicted octanol–water partition coefficient (Wildman–Crippen LogP) is 2.83. The SMILES string of the molecule is CC12CC(CC3CC31C)C2. The normalized spacial score (nSPS) is 70.2. The van der Waals surface area contributed by atoms with E-state index in [4.69, 9.17) is 0 Å². The molecule has 0 nitrogen and oxygen atoms in total. The molecule has 2 unspecified atom stereocenters. The van der Waals surface area contributed by atoms with Gasteiger partial charge < -0.3 is 0 Å². The molecule has 4 rings (SSSR count). The Kier molecular flexibility index (Phi) is 0.669. The summed E-state index contributed by atoms with van der Waals surface area (Å²) in [4.78, 5) is 0. The third-order valence-corrected chi connectivity index (χ3v) is 4.89. The molecule has 0 amide bonds. The van der Waals surface area contributed by atoms with E-state index >= 15 is 0 Å². The third kappa shape index (κ3) is 0.383. The van der Waals surface area contributed by atoms with Crippen LogP contribution in [0, 0.1) is 22.7 Å². The van der Waals surface area contributed by atoms with Crippen molar-refractivity contribution in [1.82, 2.24) is 0 Å². The zero-order valence-corrected chi connectivity index (χ0v) is 6.98. The summed E-state index contributed by atoms with van der Waals surface area (Å²) in [6.07, 6.45) is 6.24. The van der Waals surface area contributed by atoms with Gasteiger partial charge >= 0.3 is 0 Å². The second-order valence-corrected chi connectivity index (χ2v) is 5.39. The smallest absolute Gasteiger partial charge is 0.0240 e. The fourth-order valence-corrected chi connectivity index (χ4v) is 3.79. The zero-order valence-electron chi connectivity index (χ0n) is 6.98. The number of hydrogen-bond donors (Lipinski definition) is 0. The van der Waals surface area contributed by atoms with E-state index in [1.165, 1.54) is 0 Å². The maximum Gasteiger partial charge on any atom is -0.0240 e. The number of rotatable bonds is 0. The van der Waals surface area contributed by atoms with Gasteiger partial charge in [-0.05, 0) is 48.3 Å². The van der Waals surface area contributed by atoms with Crippen LogP contribution in [0.4, 0.5) is 0 Å². The highest BCUT2D eigenvalue weighted by Gasteiger charge is 2.69. The molecule has 10 heavy (non-hydrogen) atoms. The highest BCUT2D eigenvalue weighted by Crippen LogP contribution is 2.78. The summed E-state index contributed by atoms with van der Waals surface area (Å²) >= 11 is 0. The van der Waals surface area contributed by atoms with Crippen LogP contribution < -0.4 is 0 Å². The van der Waals surface area contributed by atoms with Crippen LogP contribution in [-0.4, -0.2) is 0 Å². The largest absolute Gasteiger partial charge is 0.0591 e. The third-order valence-electron chi connectivity index (χ3n) is 4.89. The van der Waals surface area contributed by atoms with E-state index in [1.54, 1.807) is 25.7 Å². The van der Waals surface area contributed by atoms with E-state index in [2.05, 4.69) is 13.8 Å². The minimum Gasteiger partial charge on any atom is -0.0591 e. The molecule has 0 radical (unpaired) electrons. The average molecular weight is 136 g/mol. The van der Waals surface area contributed by atoms with Gasteiger partial charge in [0.1, 0.15) is 0 Å². The Labute approximate surface area is 63.0 Å². The summed E-state index contributed by atoms with van der Waals surface area (Å²) in [5.74, 6) is 2.29. The molecule has 4 aliphatic carbocycles. The molecule has 4 aliphatic rings. The lowest BCUT2D eigenvalue weighted by molar-refractivity contribution is -0.0504. The Morgan fingerprint density at radius 1 is 1.10 bits per heavy atom. The van der Waals surface area contributed by atoms with Crippen LogP contribution in [0.1, 0.15) is 39.5 Å². The first-order valence-electron chi connectivity index (χ1n) is 4.64. The molecule has 0 heterocycles. The summed E-state index contributed by atoms with van der Waals surface area (Å²) < 4.78 is 0. The van der Waals surface area contributed by atoms with Crippen molar-refractivity contribution in [2.45, 2.75) is 39.5 Å². The minimum atomic E-state index is 0.792. The van der Waals surface area contributed by atoms with Crippen molar-refractivity contribution >= 4 is 0 Å². The van der Waals surface area contributed by atoms with Gasteiger partial charge in [0.25, 0.3) is 0 Å². The van der Waals surface area contributed by atoms with Crippen LogP contribution in [0.5, 0.6) is 0 Å². The van der Waals surface area contributed by atoms with Crippen molar-refractivity contribution in [3.8, 4) is 0 Å². The Morgan fingerprint density at radius 3 is 2.30 bits per heavy atom. The molecular weight excluding hydrogens is 120 g/mol. The van der Waals surface area contributed by atoms with Crippen LogP contribution in [0.25, 0.3) is 0 Å². The van der Waals surface area contributed by atoms with Crippen molar-refractivity contribution in [2.24, 2.45) is 22.7 Å². The fourth-order valence-electron chi connectivity index (χ4n) is 3.79. The van der Waals surface area contributed by atoms with Gasteiger partial charge in [0.2, 0.25) is 0 Å². The molecule has 0 saturated heterocycles. The maximum atomic E-state index is 2.52. The molecule has 0 aromatic heterocycles.